The van der Waals surface area contributed by atoms with Gasteiger partial charge in [-0.2, -0.15) is 4.37 Å². The smallest absolute Gasteiger partial charge is 0.219 e. The van der Waals surface area contributed by atoms with E-state index in [4.69, 9.17) is 28.3 Å². The van der Waals surface area contributed by atoms with Gasteiger partial charge in [0, 0.05) is 55.0 Å². The van der Waals surface area contributed by atoms with E-state index in [-0.39, 0.29) is 0 Å². The number of hydrogen-bond donors (Lipinski definition) is 1. The van der Waals surface area contributed by atoms with Gasteiger partial charge in [-0.3, -0.25) is 4.98 Å². The zero-order valence-electron chi connectivity index (χ0n) is 25.3. The van der Waals surface area contributed by atoms with E-state index in [2.05, 4.69) is 62.6 Å². The van der Waals surface area contributed by atoms with E-state index in [1.165, 1.54) is 16.2 Å². The fourth-order valence-electron chi connectivity index (χ4n) is 6.39. The van der Waals surface area contributed by atoms with Crippen LogP contribution in [0.15, 0.2) is 130 Å². The molecule has 0 amide bonds. The number of rotatable bonds is 6. The molecule has 0 radical (unpaired) electrons. The normalized spacial score (nSPS) is 13.9. The highest BCUT2D eigenvalue weighted by molar-refractivity contribution is 7.26. The molecule has 1 N–H and O–H groups in total. The summed E-state index contributed by atoms with van der Waals surface area (Å²) in [5.74, 6) is 0.931. The van der Waals surface area contributed by atoms with Crippen LogP contribution in [0.1, 0.15) is 22.9 Å². The highest BCUT2D eigenvalue weighted by Crippen LogP contribution is 2.53. The molecule has 0 saturated carbocycles. The largest absolute Gasteiger partial charge is 0.447 e. The van der Waals surface area contributed by atoms with Crippen molar-refractivity contribution in [2.45, 2.75) is 0 Å². The summed E-state index contributed by atoms with van der Waals surface area (Å²) in [6.07, 6.45) is 8.34. The molecule has 7 aromatic heterocycles. The van der Waals surface area contributed by atoms with Crippen molar-refractivity contribution >= 4 is 88.3 Å². The van der Waals surface area contributed by atoms with Crippen LogP contribution in [-0.2, 0) is 0 Å². The van der Waals surface area contributed by atoms with E-state index in [0.29, 0.717) is 45.5 Å². The number of anilines is 2. The summed E-state index contributed by atoms with van der Waals surface area (Å²) in [5.41, 5.74) is 6.92. The summed E-state index contributed by atoms with van der Waals surface area (Å²) < 4.78 is 19.0. The number of aromatic nitrogens is 7. The van der Waals surface area contributed by atoms with Crippen molar-refractivity contribution in [3.05, 3.63) is 144 Å². The van der Waals surface area contributed by atoms with Crippen LogP contribution >= 0.6 is 22.9 Å². The fourth-order valence-corrected chi connectivity index (χ4v) is 8.03. The number of H-pyrrole nitrogens is 1. The Hall–Kier alpha value is -6.44. The molecule has 0 bridgehead atoms. The third-order valence-corrected chi connectivity index (χ3v) is 10.0. The molecule has 11 nitrogen and oxygen atoms in total. The van der Waals surface area contributed by atoms with Crippen LogP contribution in [0, 0.1) is 0 Å². The monoisotopic (exact) mass is 675 g/mol. The maximum absolute atomic E-state index is 6.29. The summed E-state index contributed by atoms with van der Waals surface area (Å²) in [7, 11) is 0. The van der Waals surface area contributed by atoms with Crippen LogP contribution in [0.4, 0.5) is 11.6 Å². The number of fused-ring (bicyclic) bond motifs is 4. The van der Waals surface area contributed by atoms with E-state index in [0.717, 1.165) is 38.1 Å². The molecule has 0 unspecified atom stereocenters. The van der Waals surface area contributed by atoms with Gasteiger partial charge in [-0.1, -0.05) is 35.5 Å². The van der Waals surface area contributed by atoms with E-state index >= 15 is 0 Å². The van der Waals surface area contributed by atoms with Crippen molar-refractivity contribution in [1.82, 2.24) is 34.5 Å². The second-order valence-corrected chi connectivity index (χ2v) is 12.8. The summed E-state index contributed by atoms with van der Waals surface area (Å²) >= 11 is 3.12. The van der Waals surface area contributed by atoms with Gasteiger partial charge in [0.25, 0.3) is 0 Å². The zero-order valence-corrected chi connectivity index (χ0v) is 26.9. The van der Waals surface area contributed by atoms with E-state index in [9.17, 15) is 0 Å². The second-order valence-electron chi connectivity index (χ2n) is 11.1. The predicted molar refractivity (Wildman–Crippen MR) is 191 cm³/mol. The number of nitrogens with one attached hydrogen (secondary N) is 1. The second kappa shape index (κ2) is 11.1. The summed E-state index contributed by atoms with van der Waals surface area (Å²) in [6.45, 7) is 0. The third kappa shape index (κ3) is 4.33. The molecule has 0 aliphatic carbocycles. The standard InChI is InChI=1S/C36H21N9O2S2/c1-2-10-27-21(7-1)30-26(9-5-11-28(30)49-27)44-33(24-14-18-48-43-24)32(23-13-17-47-42-23)31(22-8-3-4-15-37-22)34(45(44)29-12-6-16-46-29)36-38-19-25-35(41-36)40-20-39-25/h1-20H,(H,38,39,40,41). The lowest BCUT2D eigenvalue weighted by Gasteiger charge is -2.43. The van der Waals surface area contributed by atoms with Gasteiger partial charge in [0.1, 0.15) is 34.6 Å². The number of thiophene rings is 1. The zero-order chi connectivity index (χ0) is 32.3. The first kappa shape index (κ1) is 27.7. The topological polar surface area (TPSA) is 126 Å². The minimum Gasteiger partial charge on any atom is -0.447 e. The Labute approximate surface area is 285 Å². The summed E-state index contributed by atoms with van der Waals surface area (Å²) in [5, 5.41) is 12.8. The van der Waals surface area contributed by atoms with Gasteiger partial charge < -0.3 is 13.9 Å². The van der Waals surface area contributed by atoms with Crippen molar-refractivity contribution in [3.63, 3.8) is 0 Å². The number of aromatic amines is 1. The Balaban J connectivity index is 1.42. The molecule has 1 aliphatic rings. The lowest BCUT2D eigenvalue weighted by Crippen LogP contribution is -2.44. The van der Waals surface area contributed by atoms with Gasteiger partial charge in [0.15, 0.2) is 11.5 Å². The highest BCUT2D eigenvalue weighted by Gasteiger charge is 2.42. The molecule has 2 aromatic carbocycles. The van der Waals surface area contributed by atoms with Gasteiger partial charge in [-0.25, -0.2) is 25.0 Å². The summed E-state index contributed by atoms with van der Waals surface area (Å²) in [4.78, 5) is 22.4. The van der Waals surface area contributed by atoms with Crippen molar-refractivity contribution in [2.24, 2.45) is 0 Å². The van der Waals surface area contributed by atoms with E-state index in [1.807, 2.05) is 52.9 Å². The Kier molecular flexibility index (Phi) is 6.25. The van der Waals surface area contributed by atoms with Gasteiger partial charge >= 0.3 is 0 Å². The molecule has 1 aliphatic heterocycles. The minimum atomic E-state index is 0.405. The lowest BCUT2D eigenvalue weighted by atomic mass is 9.90. The van der Waals surface area contributed by atoms with Crippen LogP contribution in [0.2, 0.25) is 0 Å². The molecule has 10 rings (SSSR count). The SMILES string of the molecule is c1ccc(C2=C(c3ncc4[nH]cnc4n3)N(c3ccco3)N(c3cccc4sc5ccccc5c34)C(c3ccsn3)=C2c2ccon2)nc1. The maximum atomic E-state index is 6.29. The third-order valence-electron chi connectivity index (χ3n) is 8.35. The van der Waals surface area contributed by atoms with Crippen molar-refractivity contribution in [1.29, 1.82) is 0 Å². The lowest BCUT2D eigenvalue weighted by molar-refractivity contribution is 0.418. The molecule has 9 aromatic rings. The van der Waals surface area contributed by atoms with Crippen molar-refractivity contribution in [2.75, 3.05) is 10.0 Å². The molecule has 49 heavy (non-hydrogen) atoms. The summed E-state index contributed by atoms with van der Waals surface area (Å²) in [6, 6.07) is 28.2. The maximum Gasteiger partial charge on any atom is 0.219 e. The van der Waals surface area contributed by atoms with E-state index < -0.39 is 0 Å². The average molecular weight is 676 g/mol. The van der Waals surface area contributed by atoms with Gasteiger partial charge in [-0.05, 0) is 54.0 Å². The molecule has 13 heteroatoms. The van der Waals surface area contributed by atoms with Gasteiger partial charge in [-0.15, -0.1) is 11.3 Å². The molecule has 0 spiro atoms. The van der Waals surface area contributed by atoms with Crippen LogP contribution < -0.4 is 10.0 Å². The number of hydrogen-bond acceptors (Lipinski definition) is 12. The fraction of sp³-hybridized carbons (Fsp3) is 0. The first-order chi connectivity index (χ1) is 24.3. The first-order valence-corrected chi connectivity index (χ1v) is 16.9. The van der Waals surface area contributed by atoms with Gasteiger partial charge in [0.05, 0.1) is 30.2 Å². The Bertz CT molecular complexity index is 2680. The number of benzene rings is 2. The Morgan fingerprint density at radius 3 is 2.47 bits per heavy atom. The van der Waals surface area contributed by atoms with Crippen LogP contribution in [0.5, 0.6) is 0 Å². The molecule has 0 fully saturated rings. The first-order valence-electron chi connectivity index (χ1n) is 15.3. The number of allylic oxidation sites excluding steroid dienone is 2. The van der Waals surface area contributed by atoms with Crippen LogP contribution in [-0.4, -0.2) is 34.5 Å². The molecule has 0 atom stereocenters. The molecular weight excluding hydrogens is 655 g/mol. The number of pyridine rings is 1. The number of nitrogens with zero attached hydrogens (tertiary/aromatic N) is 8. The average Bonchev–Trinajstić information content (AvgIpc) is 4.00. The number of hydrazine groups is 1. The van der Waals surface area contributed by atoms with Crippen molar-refractivity contribution < 1.29 is 8.94 Å². The molecular formula is C36H21N9O2S2. The van der Waals surface area contributed by atoms with E-state index in [1.54, 1.807) is 42.6 Å². The molecule has 0 saturated heterocycles. The molecule has 8 heterocycles. The minimum absolute atomic E-state index is 0.405. The Morgan fingerprint density at radius 1 is 0.714 bits per heavy atom. The van der Waals surface area contributed by atoms with Crippen LogP contribution in [0.3, 0.4) is 0 Å². The molecule has 234 valence electrons. The van der Waals surface area contributed by atoms with Crippen molar-refractivity contribution in [3.8, 4) is 0 Å². The Morgan fingerprint density at radius 2 is 1.63 bits per heavy atom. The number of furan rings is 1. The number of imidazole rings is 1. The quantitative estimate of drug-likeness (QED) is 0.183. The predicted octanol–water partition coefficient (Wildman–Crippen LogP) is 8.53. The van der Waals surface area contributed by atoms with Gasteiger partial charge in [0.2, 0.25) is 5.88 Å². The van der Waals surface area contributed by atoms with Crippen LogP contribution in [0.25, 0.3) is 53.9 Å². The highest BCUT2D eigenvalue weighted by atomic mass is 32.1.